The van der Waals surface area contributed by atoms with Gasteiger partial charge in [-0.3, -0.25) is 10.1 Å². The molecule has 37 heavy (non-hydrogen) atoms. The molecular weight excluding hydrogens is 505 g/mol. The Hall–Kier alpha value is -4.69. The van der Waals surface area contributed by atoms with Crippen LogP contribution in [0, 0.1) is 23.1 Å². The topological polar surface area (TPSA) is 115 Å². The number of pyridine rings is 2. The number of fused-ring (bicyclic) bond motifs is 1. The van der Waals surface area contributed by atoms with Gasteiger partial charge in [-0.1, -0.05) is 35.5 Å². The average molecular weight is 523 g/mol. The molecule has 0 unspecified atom stereocenters. The lowest BCUT2D eigenvalue weighted by Crippen LogP contribution is -2.13. The van der Waals surface area contributed by atoms with Crippen LogP contribution in [0.4, 0.5) is 30.2 Å². The van der Waals surface area contributed by atoms with E-state index in [2.05, 4.69) is 42.6 Å². The lowest BCUT2D eigenvalue weighted by atomic mass is 10.0. The van der Waals surface area contributed by atoms with Crippen molar-refractivity contribution in [2.45, 2.75) is 13.0 Å². The van der Waals surface area contributed by atoms with Gasteiger partial charge < -0.3 is 10.6 Å². The summed E-state index contributed by atoms with van der Waals surface area (Å²) in [4.78, 5) is 7.64. The van der Waals surface area contributed by atoms with Gasteiger partial charge in [-0.2, -0.15) is 9.65 Å². The van der Waals surface area contributed by atoms with E-state index < -0.39 is 23.6 Å². The Morgan fingerprint density at radius 2 is 2.00 bits per heavy atom. The molecule has 0 aliphatic heterocycles. The van der Waals surface area contributed by atoms with Gasteiger partial charge in [0.2, 0.25) is 5.95 Å². The smallest absolute Gasteiger partial charge is 0.249 e. The van der Waals surface area contributed by atoms with Gasteiger partial charge in [0.05, 0.1) is 39.7 Å². The Morgan fingerprint density at radius 3 is 2.68 bits per heavy atom. The van der Waals surface area contributed by atoms with Crippen molar-refractivity contribution in [2.75, 3.05) is 10.6 Å². The van der Waals surface area contributed by atoms with Crippen molar-refractivity contribution < 1.29 is 13.2 Å². The number of H-pyrrole nitrogens is 1. The summed E-state index contributed by atoms with van der Waals surface area (Å²) >= 11 is 6.53. The zero-order valence-electron chi connectivity index (χ0n) is 19.2. The maximum atomic E-state index is 13.8. The van der Waals surface area contributed by atoms with Crippen molar-refractivity contribution in [3.63, 3.8) is 0 Å². The van der Waals surface area contributed by atoms with Crippen LogP contribution in [0.15, 0.2) is 73.0 Å². The number of nitrogens with one attached hydrogen (secondary N) is 3. The molecule has 0 aliphatic rings. The highest BCUT2D eigenvalue weighted by molar-refractivity contribution is 6.36. The largest absolute Gasteiger partial charge is 0.373 e. The van der Waals surface area contributed by atoms with Crippen LogP contribution in [0.5, 0.6) is 0 Å². The molecule has 0 saturated heterocycles. The number of nitriles is 1. The first-order valence-electron chi connectivity index (χ1n) is 10.7. The van der Waals surface area contributed by atoms with Crippen molar-refractivity contribution in [2.24, 2.45) is 0 Å². The third-order valence-electron chi connectivity index (χ3n) is 5.26. The fourth-order valence-electron chi connectivity index (χ4n) is 3.45. The van der Waals surface area contributed by atoms with Gasteiger partial charge in [0.15, 0.2) is 5.82 Å². The van der Waals surface area contributed by atoms with Crippen molar-refractivity contribution in [3.05, 3.63) is 101 Å². The minimum Gasteiger partial charge on any atom is -0.373 e. The molecule has 0 bridgehead atoms. The molecule has 0 fully saturated rings. The third kappa shape index (κ3) is 5.60. The van der Waals surface area contributed by atoms with E-state index >= 15 is 0 Å². The first kappa shape index (κ1) is 25.4. The molecule has 1 aromatic carbocycles. The van der Waals surface area contributed by atoms with Gasteiger partial charge in [-0.05, 0) is 30.7 Å². The lowest BCUT2D eigenvalue weighted by molar-refractivity contribution is 0.480. The Morgan fingerprint density at radius 1 is 1.19 bits per heavy atom. The number of benzene rings is 1. The summed E-state index contributed by atoms with van der Waals surface area (Å²) in [5, 5.41) is 26.9. The van der Waals surface area contributed by atoms with Crippen LogP contribution in [0.25, 0.3) is 10.9 Å². The Kier molecular flexibility index (Phi) is 7.50. The summed E-state index contributed by atoms with van der Waals surface area (Å²) in [5.74, 6) is -2.84. The van der Waals surface area contributed by atoms with Crippen molar-refractivity contribution in [3.8, 4) is 6.07 Å². The van der Waals surface area contributed by atoms with Gasteiger partial charge in [0.1, 0.15) is 17.6 Å². The van der Waals surface area contributed by atoms with Gasteiger partial charge in [-0.25, -0.2) is 13.8 Å². The van der Waals surface area contributed by atoms with E-state index in [-0.39, 0.29) is 22.0 Å². The van der Waals surface area contributed by atoms with E-state index in [1.807, 2.05) is 6.07 Å². The Bertz CT molecular complexity index is 1580. The number of halogens is 4. The molecule has 4 aromatic rings. The summed E-state index contributed by atoms with van der Waals surface area (Å²) in [5.41, 5.74) is 2.29. The van der Waals surface area contributed by atoms with E-state index in [1.54, 1.807) is 25.3 Å². The summed E-state index contributed by atoms with van der Waals surface area (Å²) in [6.07, 6.45) is 8.05. The summed E-state index contributed by atoms with van der Waals surface area (Å²) < 4.78 is 40.7. The highest BCUT2D eigenvalue weighted by Gasteiger charge is 2.19. The summed E-state index contributed by atoms with van der Waals surface area (Å²) in [7, 11) is 0. The van der Waals surface area contributed by atoms with Crippen molar-refractivity contribution in [1.29, 1.82) is 5.26 Å². The first-order valence-corrected chi connectivity index (χ1v) is 11.1. The minimum atomic E-state index is -1.25. The van der Waals surface area contributed by atoms with E-state index in [1.165, 1.54) is 24.4 Å². The molecule has 186 valence electrons. The number of hydrogen-bond donors (Lipinski definition) is 3. The molecule has 4 rings (SSSR count). The quantitative estimate of drug-likeness (QED) is 0.180. The maximum Gasteiger partial charge on any atom is 0.249 e. The number of hydrogen-bond acceptors (Lipinski definition) is 7. The zero-order chi connectivity index (χ0) is 26.5. The second-order valence-corrected chi connectivity index (χ2v) is 8.10. The van der Waals surface area contributed by atoms with Crippen molar-refractivity contribution >= 4 is 39.6 Å². The van der Waals surface area contributed by atoms with E-state index in [0.717, 1.165) is 12.3 Å². The van der Waals surface area contributed by atoms with E-state index in [0.29, 0.717) is 27.9 Å². The SMILES string of the molecule is C=C(/C=C\C(F)=C/C)[C@H](Nc1cc(Cl)c2ncc(C#N)c(Nc3cnc(F)c(F)c3)c2c1)c1c[nH]nn1. The van der Waals surface area contributed by atoms with Gasteiger partial charge in [0, 0.05) is 29.5 Å². The average Bonchev–Trinajstić information content (AvgIpc) is 3.42. The molecular formula is C25H18ClF3N8. The van der Waals surface area contributed by atoms with Crippen LogP contribution < -0.4 is 10.6 Å². The predicted molar refractivity (Wildman–Crippen MR) is 135 cm³/mol. The van der Waals surface area contributed by atoms with Gasteiger partial charge in [0.25, 0.3) is 0 Å². The molecule has 3 aromatic heterocycles. The molecule has 3 N–H and O–H groups in total. The molecule has 0 radical (unpaired) electrons. The molecule has 0 amide bonds. The second kappa shape index (κ2) is 10.9. The first-order chi connectivity index (χ1) is 17.8. The molecule has 1 atom stereocenters. The van der Waals surface area contributed by atoms with Crippen LogP contribution in [-0.2, 0) is 0 Å². The predicted octanol–water partition coefficient (Wildman–Crippen LogP) is 6.43. The highest BCUT2D eigenvalue weighted by atomic mass is 35.5. The summed E-state index contributed by atoms with van der Waals surface area (Å²) in [6, 6.07) is 5.59. The Balaban J connectivity index is 1.79. The van der Waals surface area contributed by atoms with Crippen LogP contribution >= 0.6 is 11.6 Å². The van der Waals surface area contributed by atoms with Gasteiger partial charge in [-0.15, -0.1) is 5.10 Å². The number of aromatic nitrogens is 5. The molecule has 8 nitrogen and oxygen atoms in total. The Labute approximate surface area is 214 Å². The maximum absolute atomic E-state index is 13.8. The highest BCUT2D eigenvalue weighted by Crippen LogP contribution is 2.36. The van der Waals surface area contributed by atoms with E-state index in [4.69, 9.17) is 11.6 Å². The number of aromatic amines is 1. The van der Waals surface area contributed by atoms with Crippen LogP contribution in [0.3, 0.4) is 0 Å². The monoisotopic (exact) mass is 522 g/mol. The molecule has 3 heterocycles. The van der Waals surface area contributed by atoms with E-state index in [9.17, 15) is 18.4 Å². The van der Waals surface area contributed by atoms with Crippen LogP contribution in [0.2, 0.25) is 5.02 Å². The van der Waals surface area contributed by atoms with Gasteiger partial charge >= 0.3 is 0 Å². The summed E-state index contributed by atoms with van der Waals surface area (Å²) in [6.45, 7) is 5.58. The number of nitrogens with zero attached hydrogens (tertiary/aromatic N) is 5. The fourth-order valence-corrected chi connectivity index (χ4v) is 3.72. The number of anilines is 3. The lowest BCUT2D eigenvalue weighted by Gasteiger charge is -2.20. The van der Waals surface area contributed by atoms with Crippen LogP contribution in [0.1, 0.15) is 24.2 Å². The third-order valence-corrected chi connectivity index (χ3v) is 5.54. The minimum absolute atomic E-state index is 0.113. The zero-order valence-corrected chi connectivity index (χ0v) is 20.0. The normalized spacial score (nSPS) is 12.5. The molecule has 0 saturated carbocycles. The van der Waals surface area contributed by atoms with Crippen LogP contribution in [-0.4, -0.2) is 25.4 Å². The molecule has 0 aliphatic carbocycles. The van der Waals surface area contributed by atoms with Crippen molar-refractivity contribution in [1.82, 2.24) is 25.4 Å². The number of rotatable bonds is 8. The standard InChI is InChI=1S/C25H18ClF3N8/c1-3-15(27)5-4-13(2)22(21-12-33-37-36-21)34-16-6-18-23(35-17-8-20(28)25(29)32-11-17)14(9-30)10-31-24(18)19(26)7-16/h3-8,10-12,22,34H,2H2,1H3,(H,31,35)(H,33,36,37)/b5-4-,15-3+/t22-/m0/s1. The molecule has 12 heteroatoms. The molecule has 0 spiro atoms. The fraction of sp³-hybridized carbons (Fsp3) is 0.0800. The second-order valence-electron chi connectivity index (χ2n) is 7.69. The number of allylic oxidation sites excluding steroid dienone is 3.